The molecule has 1 heterocycles. The highest BCUT2D eigenvalue weighted by atomic mass is 32.2. The van der Waals surface area contributed by atoms with E-state index in [1.807, 2.05) is 17.8 Å². The molecule has 1 aromatic rings. The smallest absolute Gasteiger partial charge is 0.0452 e. The molecule has 2 rings (SSSR count). The average Bonchev–Trinajstić information content (AvgIpc) is 2.03. The lowest BCUT2D eigenvalue weighted by Gasteiger charge is -2.26. The molecule has 0 aromatic heterocycles. The lowest BCUT2D eigenvalue weighted by molar-refractivity contribution is 0.544. The van der Waals surface area contributed by atoms with Crippen molar-refractivity contribution in [1.29, 1.82) is 0 Å². The van der Waals surface area contributed by atoms with Crippen LogP contribution in [0.25, 0.3) is 0 Å². The number of anilines is 1. The molecule has 0 radical (unpaired) electrons. The zero-order valence-electron chi connectivity index (χ0n) is 7.71. The minimum Gasteiger partial charge on any atom is -0.398 e. The van der Waals surface area contributed by atoms with E-state index in [1.165, 1.54) is 10.5 Å². The van der Waals surface area contributed by atoms with E-state index in [-0.39, 0.29) is 0 Å². The number of aryl methyl sites for hydroxylation is 1. The quantitative estimate of drug-likeness (QED) is 0.703. The first-order valence-electron chi connectivity index (χ1n) is 4.49. The second-order valence-electron chi connectivity index (χ2n) is 3.44. The lowest BCUT2D eigenvalue weighted by atomic mass is 10.2. The van der Waals surface area contributed by atoms with Crippen LogP contribution in [-0.2, 0) is 0 Å². The van der Waals surface area contributed by atoms with Gasteiger partial charge in [0.1, 0.15) is 0 Å². The molecule has 0 saturated carbocycles. The molecule has 0 unspecified atom stereocenters. The van der Waals surface area contributed by atoms with Crippen molar-refractivity contribution in [3.63, 3.8) is 0 Å². The predicted octanol–water partition coefficient (Wildman–Crippen LogP) is 1.64. The summed E-state index contributed by atoms with van der Waals surface area (Å²) in [4.78, 5) is 1.23. The van der Waals surface area contributed by atoms with Crippen LogP contribution < -0.4 is 11.1 Å². The summed E-state index contributed by atoms with van der Waals surface area (Å²) >= 11 is 1.88. The van der Waals surface area contributed by atoms with Crippen molar-refractivity contribution in [2.75, 3.05) is 18.8 Å². The number of hydrogen-bond donors (Lipinski definition) is 2. The highest BCUT2D eigenvalue weighted by Crippen LogP contribution is 2.30. The van der Waals surface area contributed by atoms with Crippen molar-refractivity contribution >= 4 is 17.4 Å². The SMILES string of the molecule is Cc1ccc(N)c(SC2CNC2)c1. The van der Waals surface area contributed by atoms with Gasteiger partial charge in [-0.05, 0) is 24.6 Å². The molecule has 2 nitrogen and oxygen atoms in total. The van der Waals surface area contributed by atoms with Crippen LogP contribution in [0.1, 0.15) is 5.56 Å². The molecular formula is C10H14N2S. The third-order valence-corrected chi connectivity index (χ3v) is 3.48. The first-order valence-corrected chi connectivity index (χ1v) is 5.37. The molecule has 1 aromatic carbocycles. The number of nitrogens with two attached hydrogens (primary N) is 1. The summed E-state index contributed by atoms with van der Waals surface area (Å²) in [6.45, 7) is 4.32. The molecule has 1 aliphatic heterocycles. The second-order valence-corrected chi connectivity index (χ2v) is 4.78. The first-order chi connectivity index (χ1) is 6.25. The van der Waals surface area contributed by atoms with E-state index in [4.69, 9.17) is 5.73 Å². The number of rotatable bonds is 2. The molecule has 0 atom stereocenters. The number of nitrogens with one attached hydrogen (secondary N) is 1. The van der Waals surface area contributed by atoms with Gasteiger partial charge in [-0.3, -0.25) is 0 Å². The molecule has 70 valence electrons. The van der Waals surface area contributed by atoms with Crippen molar-refractivity contribution in [2.45, 2.75) is 17.1 Å². The van der Waals surface area contributed by atoms with Crippen LogP contribution in [0.15, 0.2) is 23.1 Å². The maximum atomic E-state index is 5.88. The lowest BCUT2D eigenvalue weighted by Crippen LogP contribution is -2.44. The van der Waals surface area contributed by atoms with Crippen LogP contribution in [0, 0.1) is 6.92 Å². The van der Waals surface area contributed by atoms with Crippen LogP contribution in [-0.4, -0.2) is 18.3 Å². The fourth-order valence-electron chi connectivity index (χ4n) is 1.27. The topological polar surface area (TPSA) is 38.0 Å². The standard InChI is InChI=1S/C10H14N2S/c1-7-2-3-9(11)10(4-7)13-8-5-12-6-8/h2-4,8,12H,5-6,11H2,1H3. The third kappa shape index (κ3) is 1.98. The Labute approximate surface area is 82.9 Å². The third-order valence-electron chi connectivity index (χ3n) is 2.21. The molecule has 0 aliphatic carbocycles. The van der Waals surface area contributed by atoms with E-state index in [9.17, 15) is 0 Å². The highest BCUT2D eigenvalue weighted by molar-refractivity contribution is 8.00. The Morgan fingerprint density at radius 3 is 2.85 bits per heavy atom. The average molecular weight is 194 g/mol. The Kier molecular flexibility index (Phi) is 2.47. The van der Waals surface area contributed by atoms with Gasteiger partial charge in [-0.1, -0.05) is 6.07 Å². The molecule has 1 fully saturated rings. The van der Waals surface area contributed by atoms with Gasteiger partial charge < -0.3 is 11.1 Å². The number of nitrogen functional groups attached to an aromatic ring is 1. The first kappa shape index (κ1) is 8.91. The van der Waals surface area contributed by atoms with Crippen molar-refractivity contribution in [2.24, 2.45) is 0 Å². The maximum absolute atomic E-state index is 5.88. The molecule has 0 spiro atoms. The summed E-state index contributed by atoms with van der Waals surface area (Å²) in [5.41, 5.74) is 8.06. The van der Waals surface area contributed by atoms with Crippen LogP contribution in [0.2, 0.25) is 0 Å². The summed E-state index contributed by atoms with van der Waals surface area (Å²) in [6, 6.07) is 6.21. The normalized spacial score (nSPS) is 17.0. The van der Waals surface area contributed by atoms with Crippen molar-refractivity contribution in [3.8, 4) is 0 Å². The Bertz CT molecular complexity index is 308. The van der Waals surface area contributed by atoms with Crippen molar-refractivity contribution in [3.05, 3.63) is 23.8 Å². The maximum Gasteiger partial charge on any atom is 0.0452 e. The van der Waals surface area contributed by atoms with E-state index in [1.54, 1.807) is 0 Å². The van der Waals surface area contributed by atoms with Gasteiger partial charge in [0.25, 0.3) is 0 Å². The van der Waals surface area contributed by atoms with E-state index < -0.39 is 0 Å². The Balaban J connectivity index is 2.13. The minimum atomic E-state index is 0.712. The van der Waals surface area contributed by atoms with Crippen LogP contribution in [0.5, 0.6) is 0 Å². The van der Waals surface area contributed by atoms with Gasteiger partial charge in [-0.25, -0.2) is 0 Å². The number of benzene rings is 1. The van der Waals surface area contributed by atoms with Gasteiger partial charge in [0, 0.05) is 28.9 Å². The van der Waals surface area contributed by atoms with Gasteiger partial charge in [-0.2, -0.15) is 0 Å². The number of thioether (sulfide) groups is 1. The fraction of sp³-hybridized carbons (Fsp3) is 0.400. The molecular weight excluding hydrogens is 180 g/mol. The molecule has 3 heteroatoms. The molecule has 1 aliphatic rings. The molecule has 0 amide bonds. The Morgan fingerprint density at radius 1 is 1.46 bits per heavy atom. The van der Waals surface area contributed by atoms with Gasteiger partial charge in [0.05, 0.1) is 0 Å². The monoisotopic (exact) mass is 194 g/mol. The summed E-state index contributed by atoms with van der Waals surface area (Å²) in [7, 11) is 0. The minimum absolute atomic E-state index is 0.712. The predicted molar refractivity (Wildman–Crippen MR) is 58.1 cm³/mol. The van der Waals surface area contributed by atoms with E-state index in [0.29, 0.717) is 5.25 Å². The molecule has 1 saturated heterocycles. The van der Waals surface area contributed by atoms with E-state index >= 15 is 0 Å². The second kappa shape index (κ2) is 3.60. The van der Waals surface area contributed by atoms with E-state index in [0.717, 1.165) is 18.8 Å². The zero-order chi connectivity index (χ0) is 9.26. The van der Waals surface area contributed by atoms with E-state index in [2.05, 4.69) is 24.4 Å². The van der Waals surface area contributed by atoms with Gasteiger partial charge in [0.15, 0.2) is 0 Å². The summed E-state index contributed by atoms with van der Waals surface area (Å²) in [6.07, 6.45) is 0. The van der Waals surface area contributed by atoms with Gasteiger partial charge in [0.2, 0.25) is 0 Å². The summed E-state index contributed by atoms with van der Waals surface area (Å²) in [5, 5.41) is 3.97. The fourth-order valence-corrected chi connectivity index (χ4v) is 2.49. The van der Waals surface area contributed by atoms with Gasteiger partial charge >= 0.3 is 0 Å². The van der Waals surface area contributed by atoms with Gasteiger partial charge in [-0.15, -0.1) is 11.8 Å². The summed E-state index contributed by atoms with van der Waals surface area (Å²) in [5.74, 6) is 0. The Hall–Kier alpha value is -0.670. The zero-order valence-corrected chi connectivity index (χ0v) is 8.53. The largest absolute Gasteiger partial charge is 0.398 e. The van der Waals surface area contributed by atoms with Crippen molar-refractivity contribution in [1.82, 2.24) is 5.32 Å². The van der Waals surface area contributed by atoms with Crippen LogP contribution in [0.3, 0.4) is 0 Å². The molecule has 13 heavy (non-hydrogen) atoms. The van der Waals surface area contributed by atoms with Crippen molar-refractivity contribution < 1.29 is 0 Å². The molecule has 3 N–H and O–H groups in total. The summed E-state index contributed by atoms with van der Waals surface area (Å²) < 4.78 is 0. The highest BCUT2D eigenvalue weighted by Gasteiger charge is 2.18. The van der Waals surface area contributed by atoms with Crippen LogP contribution in [0.4, 0.5) is 5.69 Å². The Morgan fingerprint density at radius 2 is 2.23 bits per heavy atom. The molecule has 0 bridgehead atoms. The van der Waals surface area contributed by atoms with Crippen LogP contribution >= 0.6 is 11.8 Å². The number of hydrogen-bond acceptors (Lipinski definition) is 3.